The lowest BCUT2D eigenvalue weighted by Gasteiger charge is -2.30. The molecular weight excluding hydrogens is 684 g/mol. The summed E-state index contributed by atoms with van der Waals surface area (Å²) in [6.07, 6.45) is -0.754. The van der Waals surface area contributed by atoms with Crippen LogP contribution in [0.2, 0.25) is 0 Å². The molecule has 0 radical (unpaired) electrons. The van der Waals surface area contributed by atoms with Crippen molar-refractivity contribution in [3.63, 3.8) is 0 Å². The minimum absolute atomic E-state index is 0.0129. The van der Waals surface area contributed by atoms with Crippen LogP contribution in [0.25, 0.3) is 0 Å². The summed E-state index contributed by atoms with van der Waals surface area (Å²) in [6, 6.07) is 0.299. The van der Waals surface area contributed by atoms with E-state index in [9.17, 15) is 53.7 Å². The summed E-state index contributed by atoms with van der Waals surface area (Å²) in [5.41, 5.74) is 0.531. The third-order valence-electron chi connectivity index (χ3n) is 8.77. The second kappa shape index (κ2) is 22.2. The Morgan fingerprint density at radius 2 is 1.31 bits per heavy atom. The number of nitrogens with one attached hydrogen (secondary N) is 2. The van der Waals surface area contributed by atoms with Crippen molar-refractivity contribution in [1.82, 2.24) is 30.3 Å². The number of nitrogens with zero attached hydrogens (tertiary/aromatic N) is 4. The smallest absolute Gasteiger partial charge is 0.354 e. The van der Waals surface area contributed by atoms with Crippen LogP contribution in [0, 0.1) is 0 Å². The number of carboxylic acid groups (broad SMARTS) is 4. The highest BCUT2D eigenvalue weighted by Gasteiger charge is 2.28. The molecule has 3 atom stereocenters. The molecule has 2 amide bonds. The van der Waals surface area contributed by atoms with Gasteiger partial charge in [-0.2, -0.15) is 0 Å². The fourth-order valence-electron chi connectivity index (χ4n) is 5.66. The summed E-state index contributed by atoms with van der Waals surface area (Å²) >= 11 is 0. The third-order valence-corrected chi connectivity index (χ3v) is 8.77. The van der Waals surface area contributed by atoms with Gasteiger partial charge in [-0.15, -0.1) is 0 Å². The number of carboxylic acids is 4. The molecule has 0 aromatic carbocycles. The van der Waals surface area contributed by atoms with Gasteiger partial charge in [0.2, 0.25) is 0 Å². The summed E-state index contributed by atoms with van der Waals surface area (Å²) in [7, 11) is 1.93. The Kier molecular flexibility index (Phi) is 18.5. The second-order valence-electron chi connectivity index (χ2n) is 12.9. The number of pyridine rings is 1. The monoisotopic (exact) mass is 734 g/mol. The predicted octanol–water partition coefficient (Wildman–Crippen LogP) is 0.726. The largest absolute Gasteiger partial charge is 0.481 e. The van der Waals surface area contributed by atoms with Crippen molar-refractivity contribution < 1.29 is 58.8 Å². The number of aliphatic carboxylic acids is 3. The molecule has 1 aliphatic heterocycles. The number of hydrogen-bond acceptors (Lipinski definition) is 12. The minimum Gasteiger partial charge on any atom is -0.481 e. The van der Waals surface area contributed by atoms with Crippen LogP contribution in [0.5, 0.6) is 0 Å². The van der Waals surface area contributed by atoms with Gasteiger partial charge < -0.3 is 36.0 Å². The SMILES string of the molecule is CC(=O)[C@H](CCC(=O)O)NC(=O)N[C@@H](CCC(=O)CCCC(=O)CCC(C(=O)O)N1CCN(C)CCN(Cc2cccc(C(=O)O)n2)CC1)C(=O)O. The number of aromatic carboxylic acids is 1. The van der Waals surface area contributed by atoms with Gasteiger partial charge in [0.25, 0.3) is 0 Å². The van der Waals surface area contributed by atoms with Gasteiger partial charge >= 0.3 is 29.9 Å². The Hall–Kier alpha value is -4.81. The molecule has 1 unspecified atom stereocenters. The van der Waals surface area contributed by atoms with E-state index in [0.717, 1.165) is 6.92 Å². The first-order valence-corrected chi connectivity index (χ1v) is 17.2. The number of hydrogen-bond donors (Lipinski definition) is 6. The molecule has 1 aliphatic rings. The molecule has 1 aromatic rings. The molecule has 2 rings (SSSR count). The lowest BCUT2D eigenvalue weighted by atomic mass is 10.0. The summed E-state index contributed by atoms with van der Waals surface area (Å²) in [4.78, 5) is 105. The van der Waals surface area contributed by atoms with Gasteiger partial charge in [-0.1, -0.05) is 6.07 Å². The summed E-state index contributed by atoms with van der Waals surface area (Å²) < 4.78 is 0. The predicted molar refractivity (Wildman–Crippen MR) is 184 cm³/mol. The van der Waals surface area contributed by atoms with Crippen LogP contribution in [0.3, 0.4) is 0 Å². The second-order valence-corrected chi connectivity index (χ2v) is 12.9. The van der Waals surface area contributed by atoms with Crippen LogP contribution < -0.4 is 10.6 Å². The van der Waals surface area contributed by atoms with E-state index in [1.807, 2.05) is 11.9 Å². The average molecular weight is 735 g/mol. The zero-order valence-electron chi connectivity index (χ0n) is 29.6. The molecular formula is C34H50N6O12. The molecule has 288 valence electrons. The molecule has 52 heavy (non-hydrogen) atoms. The van der Waals surface area contributed by atoms with Crippen molar-refractivity contribution >= 4 is 47.3 Å². The average Bonchev–Trinajstić information content (AvgIpc) is 3.15. The first-order chi connectivity index (χ1) is 24.5. The Morgan fingerprint density at radius 3 is 1.90 bits per heavy atom. The molecule has 6 N–H and O–H groups in total. The van der Waals surface area contributed by atoms with Crippen molar-refractivity contribution in [2.45, 2.75) is 89.4 Å². The van der Waals surface area contributed by atoms with E-state index >= 15 is 0 Å². The minimum atomic E-state index is -1.45. The van der Waals surface area contributed by atoms with Crippen molar-refractivity contribution in [3.8, 4) is 0 Å². The summed E-state index contributed by atoms with van der Waals surface area (Å²) in [5.74, 6) is -5.80. The normalized spacial score (nSPS) is 16.3. The van der Waals surface area contributed by atoms with Gasteiger partial charge in [0.15, 0.2) is 5.78 Å². The first kappa shape index (κ1) is 43.4. The van der Waals surface area contributed by atoms with Crippen LogP contribution in [0.15, 0.2) is 18.2 Å². The van der Waals surface area contributed by atoms with Crippen LogP contribution in [0.1, 0.15) is 80.9 Å². The molecule has 1 saturated heterocycles. The van der Waals surface area contributed by atoms with Crippen LogP contribution >= 0.6 is 0 Å². The number of likely N-dealkylation sites (N-methyl/N-ethyl adjacent to an activating group) is 1. The van der Waals surface area contributed by atoms with Crippen molar-refractivity contribution in [2.75, 3.05) is 46.3 Å². The Balaban J connectivity index is 1.84. The van der Waals surface area contributed by atoms with Crippen LogP contribution in [-0.4, -0.2) is 152 Å². The zero-order chi connectivity index (χ0) is 38.8. The summed E-state index contributed by atoms with van der Waals surface area (Å²) in [6.45, 7) is 4.90. The Morgan fingerprint density at radius 1 is 0.731 bits per heavy atom. The number of carbonyl (C=O) groups excluding carboxylic acids is 4. The fraction of sp³-hybridized carbons (Fsp3) is 0.618. The van der Waals surface area contributed by atoms with Gasteiger partial charge in [-0.3, -0.25) is 33.8 Å². The van der Waals surface area contributed by atoms with E-state index in [1.165, 1.54) is 6.07 Å². The van der Waals surface area contributed by atoms with Gasteiger partial charge in [-0.05, 0) is 51.8 Å². The topological polar surface area (TPSA) is 264 Å². The maximum Gasteiger partial charge on any atom is 0.354 e. The van der Waals surface area contributed by atoms with E-state index in [0.29, 0.717) is 51.5 Å². The quantitative estimate of drug-likeness (QED) is 0.0959. The molecule has 18 heteroatoms. The standard InChI is InChI=1S/C34H50N6O12/c1-22(41)26(12-14-30(44)45)36-34(52)37-28(32(48)49)11-9-24(42)6-4-7-25(43)10-13-29(33(50)51)40-19-16-38(2)15-17-39(18-20-40)21-23-5-3-8-27(35-23)31(46)47/h3,5,8,26,28-29H,4,6-7,9-21H2,1-2H3,(H,44,45)(H,46,47)(H,48,49)(H,50,51)(H2,36,37,52)/t26-,28-,29?/m0/s1. The lowest BCUT2D eigenvalue weighted by Crippen LogP contribution is -2.50. The summed E-state index contributed by atoms with van der Waals surface area (Å²) in [5, 5.41) is 42.1. The fourth-order valence-corrected chi connectivity index (χ4v) is 5.66. The van der Waals surface area contributed by atoms with Crippen molar-refractivity contribution in [1.29, 1.82) is 0 Å². The molecule has 0 bridgehead atoms. The highest BCUT2D eigenvalue weighted by atomic mass is 16.4. The lowest BCUT2D eigenvalue weighted by molar-refractivity contribution is -0.144. The van der Waals surface area contributed by atoms with E-state index in [1.54, 1.807) is 12.1 Å². The molecule has 0 spiro atoms. The van der Waals surface area contributed by atoms with E-state index < -0.39 is 53.8 Å². The Labute approximate surface area is 301 Å². The van der Waals surface area contributed by atoms with Crippen LogP contribution in [-0.2, 0) is 35.3 Å². The highest BCUT2D eigenvalue weighted by molar-refractivity contribution is 5.89. The number of Topliss-reactive ketones (excluding diaryl/α,β-unsaturated/α-hetero) is 3. The number of carbonyl (C=O) groups is 8. The molecule has 18 nitrogen and oxygen atoms in total. The maximum atomic E-state index is 12.7. The van der Waals surface area contributed by atoms with E-state index in [4.69, 9.17) is 5.11 Å². The zero-order valence-corrected chi connectivity index (χ0v) is 29.6. The number of aromatic nitrogens is 1. The van der Waals surface area contributed by atoms with Gasteiger partial charge in [0.05, 0.1) is 11.7 Å². The van der Waals surface area contributed by atoms with Gasteiger partial charge in [0.1, 0.15) is 29.3 Å². The van der Waals surface area contributed by atoms with E-state index in [2.05, 4.69) is 25.4 Å². The molecule has 2 heterocycles. The Bertz CT molecular complexity index is 1440. The maximum absolute atomic E-state index is 12.7. The van der Waals surface area contributed by atoms with Crippen LogP contribution in [0.4, 0.5) is 4.79 Å². The third kappa shape index (κ3) is 16.5. The number of rotatable bonds is 22. The molecule has 0 saturated carbocycles. The van der Waals surface area contributed by atoms with E-state index in [-0.39, 0.29) is 75.0 Å². The molecule has 0 aliphatic carbocycles. The number of ketones is 3. The van der Waals surface area contributed by atoms with Crippen molar-refractivity contribution in [3.05, 3.63) is 29.6 Å². The number of amides is 2. The van der Waals surface area contributed by atoms with Gasteiger partial charge in [0, 0.05) is 77.9 Å². The molecule has 1 aromatic heterocycles. The first-order valence-electron chi connectivity index (χ1n) is 17.2. The van der Waals surface area contributed by atoms with Gasteiger partial charge in [-0.25, -0.2) is 19.4 Å². The number of urea groups is 1. The highest BCUT2D eigenvalue weighted by Crippen LogP contribution is 2.14. The van der Waals surface area contributed by atoms with Crippen molar-refractivity contribution in [2.24, 2.45) is 0 Å². The molecule has 1 fully saturated rings.